The molecule has 1 aromatic carbocycles. The third-order valence-corrected chi connectivity index (χ3v) is 4.62. The monoisotopic (exact) mass is 352 g/mol. The van der Waals surface area contributed by atoms with Crippen molar-refractivity contribution < 1.29 is 9.66 Å². The molecule has 134 valence electrons. The fourth-order valence-corrected chi connectivity index (χ4v) is 3.28. The Kier molecular flexibility index (Phi) is 4.53. The smallest absolute Gasteiger partial charge is 0.271 e. The minimum Gasteiger partial charge on any atom is -0.382 e. The summed E-state index contributed by atoms with van der Waals surface area (Å²) in [7, 11) is 0. The molecule has 7 nitrogen and oxygen atoms in total. The molecule has 2 aliphatic heterocycles. The second kappa shape index (κ2) is 7.13. The van der Waals surface area contributed by atoms with Gasteiger partial charge in [0.05, 0.1) is 16.1 Å². The van der Waals surface area contributed by atoms with Crippen LogP contribution in [0, 0.1) is 10.1 Å². The number of nitrogens with zero attached hydrogens (tertiary/aromatic N) is 3. The van der Waals surface area contributed by atoms with Crippen LogP contribution < -0.4 is 5.32 Å². The molecule has 3 heterocycles. The van der Waals surface area contributed by atoms with Crippen LogP contribution in [0.3, 0.4) is 0 Å². The van der Waals surface area contributed by atoms with Crippen LogP contribution in [0.4, 0.5) is 5.69 Å². The molecule has 1 N–H and O–H groups in total. The number of aromatic nitrogens is 2. The zero-order valence-electron chi connectivity index (χ0n) is 14.3. The third kappa shape index (κ3) is 3.25. The van der Waals surface area contributed by atoms with Gasteiger partial charge in [0, 0.05) is 36.4 Å². The molecule has 0 aliphatic carbocycles. The van der Waals surface area contributed by atoms with E-state index in [1.807, 2.05) is 30.4 Å². The number of allylic oxidation sites excluding steroid dienone is 3. The van der Waals surface area contributed by atoms with Crippen molar-refractivity contribution in [3.63, 3.8) is 0 Å². The Morgan fingerprint density at radius 2 is 2.27 bits per heavy atom. The Bertz CT molecular complexity index is 920. The van der Waals surface area contributed by atoms with E-state index in [-0.39, 0.29) is 16.8 Å². The second-order valence-electron chi connectivity index (χ2n) is 6.37. The van der Waals surface area contributed by atoms with Gasteiger partial charge in [0.2, 0.25) is 0 Å². The molecule has 0 saturated carbocycles. The lowest BCUT2D eigenvalue weighted by atomic mass is 10.1. The van der Waals surface area contributed by atoms with E-state index in [1.54, 1.807) is 16.8 Å². The first-order valence-electron chi connectivity index (χ1n) is 8.79. The van der Waals surface area contributed by atoms with Crippen molar-refractivity contribution >= 4 is 22.7 Å². The van der Waals surface area contributed by atoms with Crippen LogP contribution in [-0.4, -0.2) is 27.9 Å². The lowest BCUT2D eigenvalue weighted by molar-refractivity contribution is -0.384. The summed E-state index contributed by atoms with van der Waals surface area (Å²) in [6, 6.07) is 4.87. The number of ether oxygens (including phenoxy) is 1. The number of dihydropyridines is 1. The molecule has 7 heteroatoms. The molecule has 1 fully saturated rings. The molecule has 0 amide bonds. The number of non-ortho nitro benzene ring substituents is 1. The Morgan fingerprint density at radius 3 is 3.00 bits per heavy atom. The topological polar surface area (TPSA) is 82.2 Å². The summed E-state index contributed by atoms with van der Waals surface area (Å²) in [5.74, 6) is 0. The van der Waals surface area contributed by atoms with Gasteiger partial charge >= 0.3 is 0 Å². The third-order valence-electron chi connectivity index (χ3n) is 4.62. The van der Waals surface area contributed by atoms with Gasteiger partial charge < -0.3 is 10.1 Å². The van der Waals surface area contributed by atoms with Gasteiger partial charge in [0.1, 0.15) is 0 Å². The maximum Gasteiger partial charge on any atom is 0.271 e. The van der Waals surface area contributed by atoms with Gasteiger partial charge in [-0.25, -0.2) is 4.68 Å². The van der Waals surface area contributed by atoms with Gasteiger partial charge in [-0.15, -0.1) is 0 Å². The van der Waals surface area contributed by atoms with Gasteiger partial charge in [0.15, 0.2) is 6.23 Å². The SMILES string of the molecule is O=[N+]([O-])c1ccc2c(/C=C/C3=CC=CCN3)nn(C3CCCCO3)c2c1. The summed E-state index contributed by atoms with van der Waals surface area (Å²) in [5.41, 5.74) is 2.58. The van der Waals surface area contributed by atoms with E-state index in [9.17, 15) is 10.1 Å². The van der Waals surface area contributed by atoms with E-state index in [0.717, 1.165) is 48.1 Å². The summed E-state index contributed by atoms with van der Waals surface area (Å²) < 4.78 is 7.65. The molecule has 2 aromatic rings. The van der Waals surface area contributed by atoms with Crippen LogP contribution in [0.2, 0.25) is 0 Å². The number of benzene rings is 1. The summed E-state index contributed by atoms with van der Waals surface area (Å²) >= 11 is 0. The van der Waals surface area contributed by atoms with E-state index < -0.39 is 0 Å². The number of nitrogens with one attached hydrogen (secondary N) is 1. The first-order valence-corrected chi connectivity index (χ1v) is 8.79. The number of hydrogen-bond acceptors (Lipinski definition) is 5. The molecular weight excluding hydrogens is 332 g/mol. The lowest BCUT2D eigenvalue weighted by Gasteiger charge is -2.23. The molecule has 1 saturated heterocycles. The molecule has 0 radical (unpaired) electrons. The van der Waals surface area contributed by atoms with Crippen LogP contribution in [-0.2, 0) is 4.74 Å². The van der Waals surface area contributed by atoms with Crippen LogP contribution in [0.1, 0.15) is 31.2 Å². The van der Waals surface area contributed by atoms with Crippen molar-refractivity contribution in [2.45, 2.75) is 25.5 Å². The van der Waals surface area contributed by atoms with Crippen molar-refractivity contribution in [3.8, 4) is 0 Å². The van der Waals surface area contributed by atoms with Gasteiger partial charge in [-0.05, 0) is 43.6 Å². The Balaban J connectivity index is 1.77. The fraction of sp³-hybridized carbons (Fsp3) is 0.316. The van der Waals surface area contributed by atoms with Crippen molar-refractivity contribution in [2.75, 3.05) is 13.2 Å². The molecule has 0 bridgehead atoms. The second-order valence-corrected chi connectivity index (χ2v) is 6.37. The number of hydrogen-bond donors (Lipinski definition) is 1. The minimum absolute atomic E-state index is 0.0618. The maximum atomic E-state index is 11.2. The van der Waals surface area contributed by atoms with Crippen LogP contribution >= 0.6 is 0 Å². The normalized spacial score (nSPS) is 20.3. The number of nitro groups is 1. The lowest BCUT2D eigenvalue weighted by Crippen LogP contribution is -2.19. The standard InChI is InChI=1S/C19H20N4O3/c24-23(25)15-8-9-16-17(10-7-14-5-1-3-11-20-14)21-22(18(16)13-15)19-6-2-4-12-26-19/h1,3,5,7-10,13,19-20H,2,4,6,11-12H2/b10-7+. The van der Waals surface area contributed by atoms with Crippen LogP contribution in [0.25, 0.3) is 17.0 Å². The van der Waals surface area contributed by atoms with Crippen molar-refractivity contribution in [3.05, 3.63) is 64.0 Å². The molecule has 26 heavy (non-hydrogen) atoms. The van der Waals surface area contributed by atoms with Gasteiger partial charge in [-0.1, -0.05) is 12.2 Å². The van der Waals surface area contributed by atoms with E-state index in [0.29, 0.717) is 6.61 Å². The molecule has 1 atom stereocenters. The molecular formula is C19H20N4O3. The highest BCUT2D eigenvalue weighted by molar-refractivity contribution is 5.89. The number of fused-ring (bicyclic) bond motifs is 1. The first kappa shape index (κ1) is 16.5. The van der Waals surface area contributed by atoms with Crippen LogP contribution in [0.15, 0.2) is 48.2 Å². The highest BCUT2D eigenvalue weighted by Gasteiger charge is 2.22. The largest absolute Gasteiger partial charge is 0.382 e. The van der Waals surface area contributed by atoms with Crippen molar-refractivity contribution in [2.24, 2.45) is 0 Å². The number of rotatable bonds is 4. The summed E-state index contributed by atoms with van der Waals surface area (Å²) in [6.07, 6.45) is 12.7. The van der Waals surface area contributed by atoms with E-state index >= 15 is 0 Å². The molecule has 1 unspecified atom stereocenters. The predicted octanol–water partition coefficient (Wildman–Crippen LogP) is 3.70. The molecule has 0 spiro atoms. The minimum atomic E-state index is -0.378. The Morgan fingerprint density at radius 1 is 1.35 bits per heavy atom. The number of nitro benzene ring substituents is 1. The van der Waals surface area contributed by atoms with Crippen molar-refractivity contribution in [1.82, 2.24) is 15.1 Å². The molecule has 2 aliphatic rings. The summed E-state index contributed by atoms with van der Waals surface area (Å²) in [5, 5.41) is 20.0. The Labute approximate surface area is 150 Å². The van der Waals surface area contributed by atoms with Gasteiger partial charge in [0.25, 0.3) is 5.69 Å². The predicted molar refractivity (Wildman–Crippen MR) is 99.5 cm³/mol. The van der Waals surface area contributed by atoms with E-state index in [1.165, 1.54) is 6.07 Å². The zero-order chi connectivity index (χ0) is 17.9. The molecule has 4 rings (SSSR count). The highest BCUT2D eigenvalue weighted by atomic mass is 16.6. The van der Waals surface area contributed by atoms with Crippen LogP contribution in [0.5, 0.6) is 0 Å². The van der Waals surface area contributed by atoms with Gasteiger partial charge in [-0.3, -0.25) is 10.1 Å². The van der Waals surface area contributed by atoms with Crippen molar-refractivity contribution in [1.29, 1.82) is 0 Å². The highest BCUT2D eigenvalue weighted by Crippen LogP contribution is 2.31. The fourth-order valence-electron chi connectivity index (χ4n) is 3.28. The zero-order valence-corrected chi connectivity index (χ0v) is 14.3. The average Bonchev–Trinajstić information content (AvgIpc) is 3.06. The van der Waals surface area contributed by atoms with E-state index in [2.05, 4.69) is 5.32 Å². The quantitative estimate of drug-likeness (QED) is 0.670. The van der Waals surface area contributed by atoms with E-state index in [4.69, 9.17) is 9.84 Å². The summed E-state index contributed by atoms with van der Waals surface area (Å²) in [4.78, 5) is 10.8. The average molecular weight is 352 g/mol. The Hall–Kier alpha value is -2.93. The first-order chi connectivity index (χ1) is 12.7. The maximum absolute atomic E-state index is 11.2. The molecule has 1 aromatic heterocycles. The summed E-state index contributed by atoms with van der Waals surface area (Å²) in [6.45, 7) is 1.49. The van der Waals surface area contributed by atoms with Gasteiger partial charge in [-0.2, -0.15) is 5.10 Å².